The summed E-state index contributed by atoms with van der Waals surface area (Å²) in [7, 11) is 0. The molecule has 0 amide bonds. The number of hydrogen-bond donors (Lipinski definition) is 0. The van der Waals surface area contributed by atoms with Gasteiger partial charge in [-0.1, -0.05) is 40.9 Å². The molecule has 1 aliphatic rings. The largest absolute Gasteiger partial charge is 0.165 e. The van der Waals surface area contributed by atoms with Crippen LogP contribution in [0.15, 0.2) is 28.7 Å². The van der Waals surface area contributed by atoms with Gasteiger partial charge in [-0.05, 0) is 36.8 Å². The van der Waals surface area contributed by atoms with Crippen molar-refractivity contribution in [3.63, 3.8) is 0 Å². The predicted octanol–water partition coefficient (Wildman–Crippen LogP) is 4.62. The number of hydrogen-bond acceptors (Lipinski definition) is 1. The molecule has 15 heavy (non-hydrogen) atoms. The Morgan fingerprint density at radius 3 is 2.33 bits per heavy atom. The molecule has 0 spiro atoms. The van der Waals surface area contributed by atoms with E-state index >= 15 is 0 Å². The molecule has 0 saturated heterocycles. The van der Waals surface area contributed by atoms with E-state index in [0.717, 1.165) is 0 Å². The van der Waals surface area contributed by atoms with Gasteiger partial charge in [0.15, 0.2) is 0 Å². The lowest BCUT2D eigenvalue weighted by molar-refractivity contribution is 0.502. The summed E-state index contributed by atoms with van der Waals surface area (Å²) in [6.45, 7) is 0. The van der Waals surface area contributed by atoms with Gasteiger partial charge in [0.1, 0.15) is 0 Å². The van der Waals surface area contributed by atoms with Crippen LogP contribution in [0.4, 0.5) is 0 Å². The molecule has 2 heteroatoms. The van der Waals surface area contributed by atoms with Crippen molar-refractivity contribution in [2.75, 3.05) is 12.0 Å². The van der Waals surface area contributed by atoms with Crippen LogP contribution in [0.1, 0.15) is 31.2 Å². The molecule has 82 valence electrons. The van der Waals surface area contributed by atoms with Crippen LogP contribution < -0.4 is 0 Å². The van der Waals surface area contributed by atoms with Crippen molar-refractivity contribution in [1.29, 1.82) is 0 Å². The number of rotatable bonds is 3. The van der Waals surface area contributed by atoms with Gasteiger partial charge in [0, 0.05) is 15.6 Å². The normalized spacial score (nSPS) is 19.3. The summed E-state index contributed by atoms with van der Waals surface area (Å²) in [6.07, 6.45) is 7.76. The fraction of sp³-hybridized carbons (Fsp3) is 0.538. The second-order valence-corrected chi connectivity index (χ2v) is 6.21. The van der Waals surface area contributed by atoms with Gasteiger partial charge in [-0.2, -0.15) is 11.8 Å². The van der Waals surface area contributed by atoms with E-state index in [1.807, 2.05) is 11.8 Å². The highest BCUT2D eigenvalue weighted by molar-refractivity contribution is 9.10. The van der Waals surface area contributed by atoms with E-state index in [2.05, 4.69) is 46.5 Å². The molecule has 1 fully saturated rings. The molecule has 2 rings (SSSR count). The third kappa shape index (κ3) is 2.42. The second-order valence-electron chi connectivity index (χ2n) is 4.43. The molecule has 0 heterocycles. The van der Waals surface area contributed by atoms with Gasteiger partial charge >= 0.3 is 0 Å². The maximum Gasteiger partial charge on any atom is 0.0175 e. The highest BCUT2D eigenvalue weighted by Gasteiger charge is 2.34. The van der Waals surface area contributed by atoms with Crippen LogP contribution in [0.3, 0.4) is 0 Å². The molecule has 0 aromatic heterocycles. The average molecular weight is 285 g/mol. The topological polar surface area (TPSA) is 0 Å². The molecule has 0 bridgehead atoms. The van der Waals surface area contributed by atoms with Gasteiger partial charge in [-0.3, -0.25) is 0 Å². The Bertz CT molecular complexity index is 312. The summed E-state index contributed by atoms with van der Waals surface area (Å²) < 4.78 is 1.18. The smallest absolute Gasteiger partial charge is 0.0175 e. The van der Waals surface area contributed by atoms with Crippen molar-refractivity contribution in [3.05, 3.63) is 34.3 Å². The highest BCUT2D eigenvalue weighted by atomic mass is 79.9. The first kappa shape index (κ1) is 11.5. The molecule has 0 nitrogen and oxygen atoms in total. The number of benzene rings is 1. The van der Waals surface area contributed by atoms with E-state index in [9.17, 15) is 0 Å². The van der Waals surface area contributed by atoms with Crippen molar-refractivity contribution in [3.8, 4) is 0 Å². The zero-order chi connectivity index (χ0) is 10.7. The lowest BCUT2D eigenvalue weighted by atomic mass is 9.81. The molecule has 1 aromatic carbocycles. The third-order valence-electron chi connectivity index (χ3n) is 3.44. The standard InChI is InChI=1S/C13H17BrS/c1-15-10-13(8-2-3-9-13)11-4-6-12(14)7-5-11/h4-7H,2-3,8-10H2,1H3. The van der Waals surface area contributed by atoms with Crippen molar-refractivity contribution >= 4 is 27.7 Å². The molecule has 1 saturated carbocycles. The molecular weight excluding hydrogens is 268 g/mol. The minimum atomic E-state index is 0.472. The third-order valence-corrected chi connectivity index (χ3v) is 4.81. The fourth-order valence-electron chi connectivity index (χ4n) is 2.65. The van der Waals surface area contributed by atoms with Gasteiger partial charge in [-0.25, -0.2) is 0 Å². The van der Waals surface area contributed by atoms with E-state index in [4.69, 9.17) is 0 Å². The predicted molar refractivity (Wildman–Crippen MR) is 72.7 cm³/mol. The Labute approximate surface area is 105 Å². The van der Waals surface area contributed by atoms with Gasteiger partial charge < -0.3 is 0 Å². The summed E-state index contributed by atoms with van der Waals surface area (Å²) in [4.78, 5) is 0. The van der Waals surface area contributed by atoms with Gasteiger partial charge in [-0.15, -0.1) is 0 Å². The molecule has 0 aliphatic heterocycles. The lowest BCUT2D eigenvalue weighted by Gasteiger charge is -2.28. The Morgan fingerprint density at radius 1 is 1.20 bits per heavy atom. The number of halogens is 1. The van der Waals surface area contributed by atoms with Crippen molar-refractivity contribution in [2.24, 2.45) is 0 Å². The van der Waals surface area contributed by atoms with E-state index in [1.165, 1.54) is 41.5 Å². The summed E-state index contributed by atoms with van der Waals surface area (Å²) >= 11 is 5.49. The first-order valence-corrected chi connectivity index (χ1v) is 7.70. The molecule has 1 aromatic rings. The van der Waals surface area contributed by atoms with Crippen LogP contribution in [-0.4, -0.2) is 12.0 Å². The van der Waals surface area contributed by atoms with Crippen molar-refractivity contribution in [1.82, 2.24) is 0 Å². The molecule has 0 atom stereocenters. The van der Waals surface area contributed by atoms with E-state index in [0.29, 0.717) is 5.41 Å². The van der Waals surface area contributed by atoms with Crippen LogP contribution in [0, 0.1) is 0 Å². The summed E-state index contributed by atoms with van der Waals surface area (Å²) in [5.74, 6) is 1.27. The second kappa shape index (κ2) is 4.92. The lowest BCUT2D eigenvalue weighted by Crippen LogP contribution is -2.24. The summed E-state index contributed by atoms with van der Waals surface area (Å²) in [5, 5.41) is 0. The van der Waals surface area contributed by atoms with E-state index < -0.39 is 0 Å². The molecular formula is C13H17BrS. The summed E-state index contributed by atoms with van der Waals surface area (Å²) in [6, 6.07) is 8.95. The quantitative estimate of drug-likeness (QED) is 0.780. The zero-order valence-electron chi connectivity index (χ0n) is 9.13. The van der Waals surface area contributed by atoms with Crippen LogP contribution in [0.5, 0.6) is 0 Å². The zero-order valence-corrected chi connectivity index (χ0v) is 11.5. The van der Waals surface area contributed by atoms with Gasteiger partial charge in [0.05, 0.1) is 0 Å². The number of thioether (sulfide) groups is 1. The van der Waals surface area contributed by atoms with Crippen LogP contribution in [0.25, 0.3) is 0 Å². The van der Waals surface area contributed by atoms with Crippen LogP contribution in [0.2, 0.25) is 0 Å². The van der Waals surface area contributed by atoms with Crippen LogP contribution >= 0.6 is 27.7 Å². The van der Waals surface area contributed by atoms with E-state index in [-0.39, 0.29) is 0 Å². The maximum atomic E-state index is 3.51. The summed E-state index contributed by atoms with van der Waals surface area (Å²) in [5.41, 5.74) is 2.01. The van der Waals surface area contributed by atoms with Crippen molar-refractivity contribution in [2.45, 2.75) is 31.1 Å². The van der Waals surface area contributed by atoms with Crippen molar-refractivity contribution < 1.29 is 0 Å². The Morgan fingerprint density at radius 2 is 1.80 bits per heavy atom. The molecule has 0 N–H and O–H groups in total. The fourth-order valence-corrected chi connectivity index (χ4v) is 3.92. The molecule has 0 radical (unpaired) electrons. The SMILES string of the molecule is CSCC1(c2ccc(Br)cc2)CCCC1. The minimum absolute atomic E-state index is 0.472. The monoisotopic (exact) mass is 284 g/mol. The Kier molecular flexibility index (Phi) is 3.78. The molecule has 1 aliphatic carbocycles. The van der Waals surface area contributed by atoms with Gasteiger partial charge in [0.2, 0.25) is 0 Å². The Balaban J connectivity index is 2.28. The Hall–Kier alpha value is 0.0500. The van der Waals surface area contributed by atoms with Crippen LogP contribution in [-0.2, 0) is 5.41 Å². The highest BCUT2D eigenvalue weighted by Crippen LogP contribution is 2.43. The van der Waals surface area contributed by atoms with Gasteiger partial charge in [0.25, 0.3) is 0 Å². The minimum Gasteiger partial charge on any atom is -0.165 e. The first-order valence-electron chi connectivity index (χ1n) is 5.52. The molecule has 0 unspecified atom stereocenters. The van der Waals surface area contributed by atoms with E-state index in [1.54, 1.807) is 0 Å². The maximum absolute atomic E-state index is 3.51. The first-order chi connectivity index (χ1) is 7.27. The average Bonchev–Trinajstić information content (AvgIpc) is 2.69.